The van der Waals surface area contributed by atoms with Gasteiger partial charge in [-0.15, -0.1) is 0 Å². The van der Waals surface area contributed by atoms with E-state index in [9.17, 15) is 0 Å². The first-order chi connectivity index (χ1) is 6.75. The molecule has 0 aromatic carbocycles. The molecule has 0 saturated carbocycles. The van der Waals surface area contributed by atoms with Crippen LogP contribution in [0.15, 0.2) is 12.4 Å². The van der Waals surface area contributed by atoms with Crippen LogP contribution in [0.3, 0.4) is 0 Å². The van der Waals surface area contributed by atoms with Crippen LogP contribution in [0.5, 0.6) is 0 Å². The summed E-state index contributed by atoms with van der Waals surface area (Å²) in [5.74, 6) is 0.851. The molecule has 0 spiro atoms. The number of anilines is 1. The van der Waals surface area contributed by atoms with E-state index in [0.717, 1.165) is 31.1 Å². The Bertz CT molecular complexity index is 295. The molecule has 4 heteroatoms. The fourth-order valence-corrected chi connectivity index (χ4v) is 1.66. The van der Waals surface area contributed by atoms with Gasteiger partial charge in [0.1, 0.15) is 0 Å². The van der Waals surface area contributed by atoms with Crippen molar-refractivity contribution in [3.63, 3.8) is 0 Å². The van der Waals surface area contributed by atoms with Gasteiger partial charge in [-0.3, -0.25) is 0 Å². The molecule has 2 rings (SSSR count). The van der Waals surface area contributed by atoms with Gasteiger partial charge in [-0.1, -0.05) is 0 Å². The van der Waals surface area contributed by atoms with Gasteiger partial charge >= 0.3 is 0 Å². The van der Waals surface area contributed by atoms with E-state index in [4.69, 9.17) is 0 Å². The third kappa shape index (κ3) is 2.01. The van der Waals surface area contributed by atoms with Crippen molar-refractivity contribution in [2.24, 2.45) is 0 Å². The van der Waals surface area contributed by atoms with Crippen molar-refractivity contribution in [2.45, 2.75) is 19.9 Å². The fourth-order valence-electron chi connectivity index (χ4n) is 1.66. The van der Waals surface area contributed by atoms with Gasteiger partial charge in [0.05, 0.1) is 0 Å². The minimum absolute atomic E-state index is 0.522. The molecule has 0 aliphatic carbocycles. The number of aromatic nitrogens is 2. The van der Waals surface area contributed by atoms with E-state index < -0.39 is 0 Å². The first-order valence-electron chi connectivity index (χ1n) is 5.02. The summed E-state index contributed by atoms with van der Waals surface area (Å²) in [6, 6.07) is 0.522. The van der Waals surface area contributed by atoms with Gasteiger partial charge in [0.15, 0.2) is 0 Å². The number of aryl methyl sites for hydroxylation is 1. The second-order valence-corrected chi connectivity index (χ2v) is 3.86. The van der Waals surface area contributed by atoms with Gasteiger partial charge in [0.2, 0.25) is 5.95 Å². The molecule has 1 atom stereocenters. The zero-order chi connectivity index (χ0) is 9.97. The molecule has 1 fully saturated rings. The molecule has 4 nitrogen and oxygen atoms in total. The molecule has 76 valence electrons. The number of hydrogen-bond donors (Lipinski definition) is 1. The number of hydrogen-bond acceptors (Lipinski definition) is 4. The van der Waals surface area contributed by atoms with Crippen LogP contribution < -0.4 is 10.2 Å². The van der Waals surface area contributed by atoms with Crippen molar-refractivity contribution in [1.29, 1.82) is 0 Å². The Labute approximate surface area is 84.4 Å². The zero-order valence-electron chi connectivity index (χ0n) is 8.70. The minimum Gasteiger partial charge on any atom is -0.338 e. The van der Waals surface area contributed by atoms with E-state index in [-0.39, 0.29) is 0 Å². The van der Waals surface area contributed by atoms with E-state index in [1.165, 1.54) is 0 Å². The highest BCUT2D eigenvalue weighted by molar-refractivity contribution is 5.30. The number of nitrogens with zero attached hydrogens (tertiary/aromatic N) is 3. The highest BCUT2D eigenvalue weighted by Gasteiger charge is 2.17. The standard InChI is InChI=1S/C10H16N4/c1-8-5-12-10(13-6-8)14-4-3-11-9(2)7-14/h5-6,9,11H,3-4,7H2,1-2H3/t9-/m1/s1. The number of piperazine rings is 1. The monoisotopic (exact) mass is 192 g/mol. The lowest BCUT2D eigenvalue weighted by Gasteiger charge is -2.31. The first kappa shape index (κ1) is 9.40. The van der Waals surface area contributed by atoms with Crippen molar-refractivity contribution in [2.75, 3.05) is 24.5 Å². The normalized spacial score (nSPS) is 22.4. The SMILES string of the molecule is Cc1cnc(N2CCN[C@H](C)C2)nc1. The predicted molar refractivity (Wildman–Crippen MR) is 56.4 cm³/mol. The average Bonchev–Trinajstić information content (AvgIpc) is 2.19. The Hall–Kier alpha value is -1.16. The lowest BCUT2D eigenvalue weighted by atomic mass is 10.2. The molecule has 0 radical (unpaired) electrons. The molecule has 1 aliphatic rings. The van der Waals surface area contributed by atoms with E-state index in [1.54, 1.807) is 0 Å². The van der Waals surface area contributed by atoms with Gasteiger partial charge < -0.3 is 10.2 Å². The second-order valence-electron chi connectivity index (χ2n) is 3.86. The average molecular weight is 192 g/mol. The maximum atomic E-state index is 4.32. The van der Waals surface area contributed by atoms with Crippen molar-refractivity contribution in [3.8, 4) is 0 Å². The van der Waals surface area contributed by atoms with Crippen LogP contribution >= 0.6 is 0 Å². The summed E-state index contributed by atoms with van der Waals surface area (Å²) in [5.41, 5.74) is 1.11. The van der Waals surface area contributed by atoms with Crippen molar-refractivity contribution >= 4 is 5.95 Å². The summed E-state index contributed by atoms with van der Waals surface area (Å²) < 4.78 is 0. The largest absolute Gasteiger partial charge is 0.338 e. The molecule has 14 heavy (non-hydrogen) atoms. The van der Waals surface area contributed by atoms with E-state index in [2.05, 4.69) is 27.1 Å². The van der Waals surface area contributed by atoms with Gasteiger partial charge in [-0.25, -0.2) is 9.97 Å². The van der Waals surface area contributed by atoms with E-state index in [1.807, 2.05) is 19.3 Å². The summed E-state index contributed by atoms with van der Waals surface area (Å²) in [6.45, 7) is 7.18. The lowest BCUT2D eigenvalue weighted by molar-refractivity contribution is 0.479. The number of nitrogens with one attached hydrogen (secondary N) is 1. The Morgan fingerprint density at radius 2 is 2.14 bits per heavy atom. The summed E-state index contributed by atoms with van der Waals surface area (Å²) >= 11 is 0. The van der Waals surface area contributed by atoms with E-state index in [0.29, 0.717) is 6.04 Å². The van der Waals surface area contributed by atoms with Crippen LogP contribution in [0.1, 0.15) is 12.5 Å². The molecule has 1 aliphatic heterocycles. The summed E-state index contributed by atoms with van der Waals surface area (Å²) in [5, 5.41) is 3.40. The van der Waals surface area contributed by atoms with Gasteiger partial charge in [-0.05, 0) is 19.4 Å². The predicted octanol–water partition coefficient (Wildman–Crippen LogP) is 0.583. The molecule has 0 amide bonds. The summed E-state index contributed by atoms with van der Waals surface area (Å²) in [6.07, 6.45) is 3.74. The third-order valence-corrected chi connectivity index (χ3v) is 2.42. The fraction of sp³-hybridized carbons (Fsp3) is 0.600. The van der Waals surface area contributed by atoms with Crippen LogP contribution in [-0.4, -0.2) is 35.6 Å². The van der Waals surface area contributed by atoms with Crippen LogP contribution in [0.25, 0.3) is 0 Å². The Kier molecular flexibility index (Phi) is 2.63. The topological polar surface area (TPSA) is 41.1 Å². The molecule has 1 N–H and O–H groups in total. The Balaban J connectivity index is 2.10. The molecular weight excluding hydrogens is 176 g/mol. The summed E-state index contributed by atoms with van der Waals surface area (Å²) in [4.78, 5) is 10.9. The highest BCUT2D eigenvalue weighted by atomic mass is 15.3. The molecule has 1 aromatic rings. The lowest BCUT2D eigenvalue weighted by Crippen LogP contribution is -2.49. The highest BCUT2D eigenvalue weighted by Crippen LogP contribution is 2.09. The summed E-state index contributed by atoms with van der Waals surface area (Å²) in [7, 11) is 0. The van der Waals surface area contributed by atoms with Gasteiger partial charge in [0.25, 0.3) is 0 Å². The van der Waals surface area contributed by atoms with Crippen LogP contribution in [0, 0.1) is 6.92 Å². The van der Waals surface area contributed by atoms with Crippen molar-refractivity contribution in [3.05, 3.63) is 18.0 Å². The molecule has 1 saturated heterocycles. The second kappa shape index (κ2) is 3.92. The van der Waals surface area contributed by atoms with Crippen molar-refractivity contribution in [1.82, 2.24) is 15.3 Å². The maximum absolute atomic E-state index is 4.32. The van der Waals surface area contributed by atoms with Crippen molar-refractivity contribution < 1.29 is 0 Å². The first-order valence-corrected chi connectivity index (χ1v) is 5.02. The van der Waals surface area contributed by atoms with Crippen LogP contribution in [0.2, 0.25) is 0 Å². The maximum Gasteiger partial charge on any atom is 0.225 e. The Morgan fingerprint density at radius 1 is 1.43 bits per heavy atom. The van der Waals surface area contributed by atoms with Gasteiger partial charge in [-0.2, -0.15) is 0 Å². The van der Waals surface area contributed by atoms with Crippen LogP contribution in [-0.2, 0) is 0 Å². The molecule has 0 bridgehead atoms. The molecule has 1 aromatic heterocycles. The molecule has 2 heterocycles. The van der Waals surface area contributed by atoms with Crippen LogP contribution in [0.4, 0.5) is 5.95 Å². The Morgan fingerprint density at radius 3 is 2.79 bits per heavy atom. The minimum atomic E-state index is 0.522. The molecular formula is C10H16N4. The van der Waals surface area contributed by atoms with Gasteiger partial charge in [0, 0.05) is 38.1 Å². The third-order valence-electron chi connectivity index (χ3n) is 2.42. The molecule has 0 unspecified atom stereocenters. The number of rotatable bonds is 1. The quantitative estimate of drug-likeness (QED) is 0.707. The smallest absolute Gasteiger partial charge is 0.225 e. The van der Waals surface area contributed by atoms with E-state index >= 15 is 0 Å². The zero-order valence-corrected chi connectivity index (χ0v) is 8.70.